The highest BCUT2D eigenvalue weighted by Crippen LogP contribution is 2.02. The highest BCUT2D eigenvalue weighted by molar-refractivity contribution is 5.77. The van der Waals surface area contributed by atoms with Crippen molar-refractivity contribution in [3.8, 4) is 11.8 Å². The van der Waals surface area contributed by atoms with Gasteiger partial charge in [0.2, 0.25) is 5.91 Å². The molecule has 15 heavy (non-hydrogen) atoms. The molecule has 0 bridgehead atoms. The quantitative estimate of drug-likeness (QED) is 0.619. The van der Waals surface area contributed by atoms with Gasteiger partial charge in [-0.3, -0.25) is 9.48 Å². The second-order valence-corrected chi connectivity index (χ2v) is 3.05. The van der Waals surface area contributed by atoms with Crippen LogP contribution in [0.3, 0.4) is 0 Å². The number of nitrogens with two attached hydrogens (primary N) is 1. The van der Waals surface area contributed by atoms with E-state index in [4.69, 9.17) is 5.73 Å². The number of carbonyl (C=O) groups is 1. The van der Waals surface area contributed by atoms with Gasteiger partial charge in [-0.15, -0.1) is 0 Å². The SMILES string of the molecule is Cc1c(C#CCNC(=O)CN)cnn1C. The van der Waals surface area contributed by atoms with Crippen LogP contribution < -0.4 is 11.1 Å². The summed E-state index contributed by atoms with van der Waals surface area (Å²) in [7, 11) is 1.86. The third-order valence-corrected chi connectivity index (χ3v) is 2.02. The predicted octanol–water partition coefficient (Wildman–Crippen LogP) is -0.845. The first-order valence-corrected chi connectivity index (χ1v) is 4.59. The van der Waals surface area contributed by atoms with E-state index in [0.717, 1.165) is 11.3 Å². The Morgan fingerprint density at radius 3 is 3.00 bits per heavy atom. The largest absolute Gasteiger partial charge is 0.344 e. The van der Waals surface area contributed by atoms with E-state index in [9.17, 15) is 4.79 Å². The Balaban J connectivity index is 2.52. The van der Waals surface area contributed by atoms with Crippen molar-refractivity contribution >= 4 is 5.91 Å². The van der Waals surface area contributed by atoms with Crippen LogP contribution >= 0.6 is 0 Å². The second-order valence-electron chi connectivity index (χ2n) is 3.05. The number of aromatic nitrogens is 2. The van der Waals surface area contributed by atoms with Crippen LogP contribution in [0.5, 0.6) is 0 Å². The van der Waals surface area contributed by atoms with Crippen LogP contribution in [0.1, 0.15) is 11.3 Å². The highest BCUT2D eigenvalue weighted by Gasteiger charge is 1.98. The lowest BCUT2D eigenvalue weighted by atomic mass is 10.3. The number of aryl methyl sites for hydroxylation is 1. The maximum absolute atomic E-state index is 10.8. The van der Waals surface area contributed by atoms with E-state index < -0.39 is 0 Å². The molecule has 3 N–H and O–H groups in total. The van der Waals surface area contributed by atoms with Gasteiger partial charge in [0.05, 0.1) is 30.5 Å². The Morgan fingerprint density at radius 2 is 2.47 bits per heavy atom. The van der Waals surface area contributed by atoms with Crippen LogP contribution in [-0.2, 0) is 11.8 Å². The molecule has 0 saturated heterocycles. The summed E-state index contributed by atoms with van der Waals surface area (Å²) in [6, 6.07) is 0. The van der Waals surface area contributed by atoms with E-state index in [-0.39, 0.29) is 12.5 Å². The molecular formula is C10H14N4O. The molecule has 0 fully saturated rings. The Labute approximate surface area is 88.6 Å². The van der Waals surface area contributed by atoms with Crippen molar-refractivity contribution in [2.24, 2.45) is 12.8 Å². The number of hydrogen-bond acceptors (Lipinski definition) is 3. The maximum Gasteiger partial charge on any atom is 0.234 e. The van der Waals surface area contributed by atoms with Gasteiger partial charge in [0.1, 0.15) is 0 Å². The molecule has 0 aliphatic rings. The van der Waals surface area contributed by atoms with Crippen LogP contribution in [0.2, 0.25) is 0 Å². The van der Waals surface area contributed by atoms with Gasteiger partial charge in [-0.05, 0) is 6.92 Å². The van der Waals surface area contributed by atoms with Gasteiger partial charge in [-0.2, -0.15) is 5.10 Å². The zero-order valence-electron chi connectivity index (χ0n) is 8.87. The average molecular weight is 206 g/mol. The number of nitrogens with zero attached hydrogens (tertiary/aromatic N) is 2. The molecule has 0 aliphatic heterocycles. The van der Waals surface area contributed by atoms with E-state index >= 15 is 0 Å². The first kappa shape index (κ1) is 11.3. The van der Waals surface area contributed by atoms with Crippen molar-refractivity contribution in [3.05, 3.63) is 17.5 Å². The molecule has 0 unspecified atom stereocenters. The number of amides is 1. The fourth-order valence-electron chi connectivity index (χ4n) is 0.976. The minimum atomic E-state index is -0.202. The topological polar surface area (TPSA) is 72.9 Å². The zero-order valence-corrected chi connectivity index (χ0v) is 8.87. The maximum atomic E-state index is 10.8. The van der Waals surface area contributed by atoms with E-state index in [0.29, 0.717) is 6.54 Å². The Morgan fingerprint density at radius 1 is 1.73 bits per heavy atom. The minimum Gasteiger partial charge on any atom is -0.344 e. The van der Waals surface area contributed by atoms with E-state index in [1.54, 1.807) is 10.9 Å². The molecule has 1 aromatic rings. The molecule has 1 heterocycles. The molecule has 0 spiro atoms. The van der Waals surface area contributed by atoms with Gasteiger partial charge in [-0.1, -0.05) is 11.8 Å². The monoisotopic (exact) mass is 206 g/mol. The third-order valence-electron chi connectivity index (χ3n) is 2.02. The molecule has 5 nitrogen and oxygen atoms in total. The van der Waals surface area contributed by atoms with Crippen molar-refractivity contribution < 1.29 is 4.79 Å². The summed E-state index contributed by atoms with van der Waals surface area (Å²) in [5.41, 5.74) is 7.00. The smallest absolute Gasteiger partial charge is 0.234 e. The van der Waals surface area contributed by atoms with Gasteiger partial charge >= 0.3 is 0 Å². The Kier molecular flexibility index (Phi) is 3.89. The van der Waals surface area contributed by atoms with Crippen LogP contribution in [0.15, 0.2) is 6.20 Å². The highest BCUT2D eigenvalue weighted by atomic mass is 16.1. The first-order valence-electron chi connectivity index (χ1n) is 4.59. The summed E-state index contributed by atoms with van der Waals surface area (Å²) < 4.78 is 1.75. The molecule has 0 aromatic carbocycles. The van der Waals surface area contributed by atoms with Gasteiger partial charge in [0.15, 0.2) is 0 Å². The molecule has 1 rings (SSSR count). The molecule has 0 radical (unpaired) electrons. The molecule has 80 valence electrons. The van der Waals surface area contributed by atoms with E-state index in [2.05, 4.69) is 22.3 Å². The lowest BCUT2D eigenvalue weighted by molar-refractivity contribution is -0.119. The second kappa shape index (κ2) is 5.17. The summed E-state index contributed by atoms with van der Waals surface area (Å²) in [6.07, 6.45) is 1.70. The number of rotatable bonds is 2. The molecule has 5 heteroatoms. The zero-order chi connectivity index (χ0) is 11.3. The van der Waals surface area contributed by atoms with Crippen LogP contribution in [-0.4, -0.2) is 28.8 Å². The number of hydrogen-bond donors (Lipinski definition) is 2. The Hall–Kier alpha value is -1.80. The van der Waals surface area contributed by atoms with Gasteiger partial charge < -0.3 is 11.1 Å². The summed E-state index contributed by atoms with van der Waals surface area (Å²) in [5.74, 6) is 5.55. The molecular weight excluding hydrogens is 192 g/mol. The molecule has 0 aliphatic carbocycles. The van der Waals surface area contributed by atoms with Crippen molar-refractivity contribution in [2.75, 3.05) is 13.1 Å². The van der Waals surface area contributed by atoms with Crippen LogP contribution in [0, 0.1) is 18.8 Å². The molecule has 0 saturated carbocycles. The van der Waals surface area contributed by atoms with Gasteiger partial charge in [0.25, 0.3) is 0 Å². The average Bonchev–Trinajstić information content (AvgIpc) is 2.55. The Bertz CT molecular complexity index is 411. The van der Waals surface area contributed by atoms with E-state index in [1.807, 2.05) is 14.0 Å². The number of nitrogens with one attached hydrogen (secondary N) is 1. The predicted molar refractivity (Wildman–Crippen MR) is 56.9 cm³/mol. The molecule has 0 atom stereocenters. The standard InChI is InChI=1S/C10H14N4O/c1-8-9(7-13-14(8)2)4-3-5-12-10(15)6-11/h7H,5-6,11H2,1-2H3,(H,12,15). The van der Waals surface area contributed by atoms with Crippen molar-refractivity contribution in [3.63, 3.8) is 0 Å². The molecule has 1 aromatic heterocycles. The van der Waals surface area contributed by atoms with Crippen molar-refractivity contribution in [1.82, 2.24) is 15.1 Å². The fraction of sp³-hybridized carbons (Fsp3) is 0.400. The lowest BCUT2D eigenvalue weighted by Gasteiger charge is -1.95. The summed E-state index contributed by atoms with van der Waals surface area (Å²) in [6.45, 7) is 2.24. The van der Waals surface area contributed by atoms with E-state index in [1.165, 1.54) is 0 Å². The fourth-order valence-corrected chi connectivity index (χ4v) is 0.976. The summed E-state index contributed by atoms with van der Waals surface area (Å²) in [4.78, 5) is 10.8. The summed E-state index contributed by atoms with van der Waals surface area (Å²) >= 11 is 0. The van der Waals surface area contributed by atoms with Crippen molar-refractivity contribution in [1.29, 1.82) is 0 Å². The third kappa shape index (κ3) is 3.11. The van der Waals surface area contributed by atoms with Crippen LogP contribution in [0.25, 0.3) is 0 Å². The van der Waals surface area contributed by atoms with Gasteiger partial charge in [-0.25, -0.2) is 0 Å². The van der Waals surface area contributed by atoms with Crippen LogP contribution in [0.4, 0.5) is 0 Å². The summed E-state index contributed by atoms with van der Waals surface area (Å²) in [5, 5.41) is 6.62. The minimum absolute atomic E-state index is 0.00635. The number of carbonyl (C=O) groups excluding carboxylic acids is 1. The normalized spacial score (nSPS) is 9.27. The van der Waals surface area contributed by atoms with Crippen molar-refractivity contribution in [2.45, 2.75) is 6.92 Å². The lowest BCUT2D eigenvalue weighted by Crippen LogP contribution is -2.30. The van der Waals surface area contributed by atoms with Gasteiger partial charge in [0, 0.05) is 7.05 Å². The molecule has 1 amide bonds. The first-order chi connectivity index (χ1) is 7.15.